The zero-order valence-electron chi connectivity index (χ0n) is 9.57. The van der Waals surface area contributed by atoms with Crippen LogP contribution in [0.5, 0.6) is 0 Å². The average Bonchev–Trinajstić information content (AvgIpc) is 2.31. The minimum Gasteiger partial charge on any atom is -0.207 e. The monoisotopic (exact) mass is 225 g/mol. The molecule has 0 amide bonds. The van der Waals surface area contributed by atoms with Crippen molar-refractivity contribution >= 4 is 0 Å². The van der Waals surface area contributed by atoms with Crippen LogP contribution in [-0.4, -0.2) is 0 Å². The van der Waals surface area contributed by atoms with Gasteiger partial charge in [-0.15, -0.1) is 0 Å². The van der Waals surface area contributed by atoms with E-state index in [0.717, 1.165) is 22.3 Å². The van der Waals surface area contributed by atoms with Crippen molar-refractivity contribution in [2.24, 2.45) is 0 Å². The number of halogens is 1. The number of benzene rings is 2. The summed E-state index contributed by atoms with van der Waals surface area (Å²) in [5.41, 5.74) is 4.18. The molecule has 0 saturated heterocycles. The molecule has 1 nitrogen and oxygen atoms in total. The third kappa shape index (κ3) is 2.51. The van der Waals surface area contributed by atoms with Crippen LogP contribution in [0.4, 0.5) is 4.39 Å². The van der Waals surface area contributed by atoms with E-state index in [9.17, 15) is 4.39 Å². The lowest BCUT2D eigenvalue weighted by molar-refractivity contribution is 0.628. The quantitative estimate of drug-likeness (QED) is 0.761. The van der Waals surface area contributed by atoms with Crippen molar-refractivity contribution in [2.75, 3.05) is 0 Å². The number of nitriles is 1. The van der Waals surface area contributed by atoms with Crippen LogP contribution in [0.15, 0.2) is 42.5 Å². The summed E-state index contributed by atoms with van der Waals surface area (Å²) >= 11 is 0. The van der Waals surface area contributed by atoms with Gasteiger partial charge in [0.15, 0.2) is 0 Å². The van der Waals surface area contributed by atoms with Gasteiger partial charge in [0.2, 0.25) is 0 Å². The first-order valence-corrected chi connectivity index (χ1v) is 5.43. The van der Waals surface area contributed by atoms with Gasteiger partial charge in [-0.2, -0.15) is 5.26 Å². The third-order valence-electron chi connectivity index (χ3n) is 2.73. The zero-order chi connectivity index (χ0) is 12.3. The van der Waals surface area contributed by atoms with E-state index in [1.54, 1.807) is 12.1 Å². The van der Waals surface area contributed by atoms with Crippen LogP contribution in [0.1, 0.15) is 11.1 Å². The maximum absolute atomic E-state index is 12.8. The predicted molar refractivity (Wildman–Crippen MR) is 65.9 cm³/mol. The van der Waals surface area contributed by atoms with Gasteiger partial charge in [0.25, 0.3) is 0 Å². The van der Waals surface area contributed by atoms with Crippen molar-refractivity contribution in [1.82, 2.24) is 0 Å². The molecule has 0 aromatic heterocycles. The van der Waals surface area contributed by atoms with Crippen molar-refractivity contribution in [1.29, 1.82) is 5.26 Å². The van der Waals surface area contributed by atoms with Gasteiger partial charge in [0, 0.05) is 0 Å². The lowest BCUT2D eigenvalue weighted by atomic mass is 9.98. The van der Waals surface area contributed by atoms with E-state index < -0.39 is 0 Å². The Bertz CT molecular complexity index is 564. The summed E-state index contributed by atoms with van der Waals surface area (Å²) in [5, 5.41) is 8.64. The summed E-state index contributed by atoms with van der Waals surface area (Å²) < 4.78 is 12.8. The van der Waals surface area contributed by atoms with Crippen LogP contribution in [0.3, 0.4) is 0 Å². The van der Waals surface area contributed by atoms with Gasteiger partial charge in [-0.25, -0.2) is 4.39 Å². The van der Waals surface area contributed by atoms with Crippen LogP contribution < -0.4 is 0 Å². The highest BCUT2D eigenvalue weighted by Crippen LogP contribution is 2.24. The molecular weight excluding hydrogens is 213 g/mol. The highest BCUT2D eigenvalue weighted by Gasteiger charge is 2.03. The second-order valence-electron chi connectivity index (χ2n) is 3.99. The van der Waals surface area contributed by atoms with Crippen LogP contribution in [-0.2, 0) is 6.42 Å². The van der Waals surface area contributed by atoms with Gasteiger partial charge < -0.3 is 0 Å². The maximum Gasteiger partial charge on any atom is 0.123 e. The molecule has 0 heterocycles. The van der Waals surface area contributed by atoms with Gasteiger partial charge >= 0.3 is 0 Å². The number of aryl methyl sites for hydroxylation is 1. The van der Waals surface area contributed by atoms with Crippen molar-refractivity contribution < 1.29 is 4.39 Å². The summed E-state index contributed by atoms with van der Waals surface area (Å²) in [6.45, 7) is 2.00. The molecule has 0 aliphatic rings. The molecular formula is C15H12FN. The summed E-state index contributed by atoms with van der Waals surface area (Å²) in [6, 6.07) is 14.5. The molecule has 0 fully saturated rings. The summed E-state index contributed by atoms with van der Waals surface area (Å²) in [6.07, 6.45) is 0.421. The van der Waals surface area contributed by atoms with Crippen molar-refractivity contribution in [3.63, 3.8) is 0 Å². The van der Waals surface area contributed by atoms with Crippen LogP contribution in [0, 0.1) is 24.1 Å². The third-order valence-corrected chi connectivity index (χ3v) is 2.73. The first-order chi connectivity index (χ1) is 8.20. The molecule has 0 atom stereocenters. The van der Waals surface area contributed by atoms with Crippen molar-refractivity contribution in [2.45, 2.75) is 13.3 Å². The van der Waals surface area contributed by atoms with Gasteiger partial charge in [-0.1, -0.05) is 30.3 Å². The summed E-state index contributed by atoms with van der Waals surface area (Å²) in [5.74, 6) is -0.229. The fourth-order valence-corrected chi connectivity index (χ4v) is 1.88. The standard InChI is InChI=1S/C15H12FN/c1-11-10-12(8-9-17)2-7-15(11)13-3-5-14(16)6-4-13/h2-7,10H,8H2,1H3. The molecule has 2 rings (SSSR count). The lowest BCUT2D eigenvalue weighted by Crippen LogP contribution is -1.88. The van der Waals surface area contributed by atoms with E-state index >= 15 is 0 Å². The highest BCUT2D eigenvalue weighted by molar-refractivity contribution is 5.67. The number of rotatable bonds is 2. The second kappa shape index (κ2) is 4.80. The fraction of sp³-hybridized carbons (Fsp3) is 0.133. The SMILES string of the molecule is Cc1cc(CC#N)ccc1-c1ccc(F)cc1. The Hall–Kier alpha value is -2.14. The average molecular weight is 225 g/mol. The van der Waals surface area contributed by atoms with Gasteiger partial charge in [-0.3, -0.25) is 0 Å². The first-order valence-electron chi connectivity index (χ1n) is 5.43. The largest absolute Gasteiger partial charge is 0.207 e. The predicted octanol–water partition coefficient (Wildman–Crippen LogP) is 3.87. The Kier molecular flexibility index (Phi) is 3.20. The van der Waals surface area contributed by atoms with Crippen molar-refractivity contribution in [3.05, 3.63) is 59.4 Å². The number of hydrogen-bond acceptors (Lipinski definition) is 1. The molecule has 0 bridgehead atoms. The number of nitrogens with zero attached hydrogens (tertiary/aromatic N) is 1. The fourth-order valence-electron chi connectivity index (χ4n) is 1.88. The van der Waals surface area contributed by atoms with E-state index in [-0.39, 0.29) is 5.82 Å². The zero-order valence-corrected chi connectivity index (χ0v) is 9.57. The molecule has 2 aromatic rings. The van der Waals surface area contributed by atoms with E-state index in [4.69, 9.17) is 5.26 Å². The van der Waals surface area contributed by atoms with E-state index in [1.165, 1.54) is 12.1 Å². The van der Waals surface area contributed by atoms with Crippen LogP contribution >= 0.6 is 0 Å². The van der Waals surface area contributed by atoms with Gasteiger partial charge in [0.1, 0.15) is 5.82 Å². The van der Waals surface area contributed by atoms with E-state index in [2.05, 4.69) is 6.07 Å². The first kappa shape index (κ1) is 11.3. The highest BCUT2D eigenvalue weighted by atomic mass is 19.1. The Morgan fingerprint density at radius 1 is 1.12 bits per heavy atom. The van der Waals surface area contributed by atoms with Crippen LogP contribution in [0.25, 0.3) is 11.1 Å². The molecule has 0 unspecified atom stereocenters. The topological polar surface area (TPSA) is 23.8 Å². The smallest absolute Gasteiger partial charge is 0.123 e. The Balaban J connectivity index is 2.40. The van der Waals surface area contributed by atoms with Gasteiger partial charge in [-0.05, 0) is 41.3 Å². The Morgan fingerprint density at radius 2 is 1.82 bits per heavy atom. The van der Waals surface area contributed by atoms with Crippen molar-refractivity contribution in [3.8, 4) is 17.2 Å². The molecule has 0 saturated carbocycles. The van der Waals surface area contributed by atoms with E-state index in [0.29, 0.717) is 6.42 Å². The Labute approximate surface area is 100 Å². The number of hydrogen-bond donors (Lipinski definition) is 0. The molecule has 0 aliphatic carbocycles. The molecule has 0 radical (unpaired) electrons. The molecule has 0 spiro atoms. The normalized spacial score (nSPS) is 9.94. The van der Waals surface area contributed by atoms with Gasteiger partial charge in [0.05, 0.1) is 12.5 Å². The Morgan fingerprint density at radius 3 is 2.41 bits per heavy atom. The van der Waals surface area contributed by atoms with Crippen LogP contribution in [0.2, 0.25) is 0 Å². The molecule has 2 aromatic carbocycles. The maximum atomic E-state index is 12.8. The molecule has 84 valence electrons. The molecule has 17 heavy (non-hydrogen) atoms. The minimum absolute atomic E-state index is 0.229. The minimum atomic E-state index is -0.229. The van der Waals surface area contributed by atoms with E-state index in [1.807, 2.05) is 25.1 Å². The molecule has 0 N–H and O–H groups in total. The summed E-state index contributed by atoms with van der Waals surface area (Å²) in [7, 11) is 0. The lowest BCUT2D eigenvalue weighted by Gasteiger charge is -2.07. The summed E-state index contributed by atoms with van der Waals surface area (Å²) in [4.78, 5) is 0. The molecule has 2 heteroatoms. The molecule has 0 aliphatic heterocycles. The second-order valence-corrected chi connectivity index (χ2v) is 3.99.